The lowest BCUT2D eigenvalue weighted by molar-refractivity contribution is 0.274. The largest absolute Gasteiger partial charge is 0.467 e. The molecular formula is C12H23N5O. The van der Waals surface area contributed by atoms with Crippen LogP contribution in [0.25, 0.3) is 0 Å². The minimum absolute atomic E-state index is 0.246. The fraction of sp³-hybridized carbons (Fsp3) is 0.750. The van der Waals surface area contributed by atoms with Gasteiger partial charge in [-0.15, -0.1) is 0 Å². The van der Waals surface area contributed by atoms with E-state index in [-0.39, 0.29) is 5.41 Å². The Bertz CT molecular complexity index is 366. The van der Waals surface area contributed by atoms with Crippen molar-refractivity contribution in [3.05, 3.63) is 0 Å². The molecule has 6 nitrogen and oxygen atoms in total. The normalized spacial score (nSPS) is 13.0. The first-order valence-electron chi connectivity index (χ1n) is 6.08. The van der Waals surface area contributed by atoms with Gasteiger partial charge in [0.15, 0.2) is 0 Å². The molecule has 0 aliphatic heterocycles. The average molecular weight is 253 g/mol. The van der Waals surface area contributed by atoms with Gasteiger partial charge in [-0.25, -0.2) is 0 Å². The Hall–Kier alpha value is -1.59. The van der Waals surface area contributed by atoms with E-state index in [4.69, 9.17) is 4.74 Å². The number of hydrogen-bond acceptors (Lipinski definition) is 6. The molecule has 0 spiro atoms. The maximum atomic E-state index is 5.03. The molecule has 0 radical (unpaired) electrons. The number of rotatable bonds is 5. The van der Waals surface area contributed by atoms with Crippen LogP contribution in [0.15, 0.2) is 0 Å². The van der Waals surface area contributed by atoms with Crippen molar-refractivity contribution in [2.75, 3.05) is 31.3 Å². The summed E-state index contributed by atoms with van der Waals surface area (Å²) in [6.45, 7) is 9.65. The Balaban J connectivity index is 2.72. The minimum atomic E-state index is 0.246. The smallest absolute Gasteiger partial charge is 0.322 e. The monoisotopic (exact) mass is 253 g/mol. The first kappa shape index (κ1) is 14.5. The summed E-state index contributed by atoms with van der Waals surface area (Å²) in [6, 6.07) is 0.306. The molecule has 0 aromatic carbocycles. The summed E-state index contributed by atoms with van der Waals surface area (Å²) < 4.78 is 5.03. The van der Waals surface area contributed by atoms with Crippen LogP contribution < -0.4 is 15.4 Å². The fourth-order valence-corrected chi connectivity index (χ4v) is 1.19. The van der Waals surface area contributed by atoms with Crippen LogP contribution in [0.5, 0.6) is 6.01 Å². The predicted molar refractivity (Wildman–Crippen MR) is 73.0 cm³/mol. The van der Waals surface area contributed by atoms with Crippen LogP contribution in [-0.4, -0.2) is 35.7 Å². The molecule has 6 heteroatoms. The maximum Gasteiger partial charge on any atom is 0.322 e. The van der Waals surface area contributed by atoms with Crippen molar-refractivity contribution in [1.82, 2.24) is 15.0 Å². The molecule has 1 unspecified atom stereocenters. The van der Waals surface area contributed by atoms with E-state index >= 15 is 0 Å². The second-order valence-electron chi connectivity index (χ2n) is 5.37. The van der Waals surface area contributed by atoms with Crippen LogP contribution in [-0.2, 0) is 0 Å². The molecule has 0 saturated heterocycles. The van der Waals surface area contributed by atoms with Gasteiger partial charge < -0.3 is 15.4 Å². The summed E-state index contributed by atoms with van der Waals surface area (Å²) in [4.78, 5) is 12.4. The summed E-state index contributed by atoms with van der Waals surface area (Å²) in [7, 11) is 3.30. The lowest BCUT2D eigenvalue weighted by atomic mass is 9.82. The minimum Gasteiger partial charge on any atom is -0.467 e. The van der Waals surface area contributed by atoms with E-state index in [2.05, 4.69) is 53.3 Å². The summed E-state index contributed by atoms with van der Waals surface area (Å²) in [5, 5.41) is 6.10. The topological polar surface area (TPSA) is 72.0 Å². The van der Waals surface area contributed by atoms with Gasteiger partial charge in [-0.3, -0.25) is 0 Å². The fourth-order valence-electron chi connectivity index (χ4n) is 1.19. The SMILES string of the molecule is CNc1nc(NCC(C)C(C)(C)C)nc(OC)n1. The molecule has 1 atom stereocenters. The first-order valence-corrected chi connectivity index (χ1v) is 6.08. The maximum absolute atomic E-state index is 5.03. The summed E-state index contributed by atoms with van der Waals surface area (Å²) in [5.41, 5.74) is 0.246. The van der Waals surface area contributed by atoms with Gasteiger partial charge in [-0.1, -0.05) is 27.7 Å². The molecule has 18 heavy (non-hydrogen) atoms. The van der Waals surface area contributed by atoms with Crippen molar-refractivity contribution in [1.29, 1.82) is 0 Å². The second kappa shape index (κ2) is 5.84. The lowest BCUT2D eigenvalue weighted by Crippen LogP contribution is -2.25. The van der Waals surface area contributed by atoms with E-state index in [9.17, 15) is 0 Å². The molecule has 1 heterocycles. The van der Waals surface area contributed by atoms with Crippen LogP contribution in [0.1, 0.15) is 27.7 Å². The Kier molecular flexibility index (Phi) is 4.69. The zero-order valence-corrected chi connectivity index (χ0v) is 12.0. The van der Waals surface area contributed by atoms with Gasteiger partial charge in [0.2, 0.25) is 11.9 Å². The molecule has 102 valence electrons. The highest BCUT2D eigenvalue weighted by atomic mass is 16.5. The van der Waals surface area contributed by atoms with E-state index in [1.165, 1.54) is 7.11 Å². The Morgan fingerprint density at radius 3 is 2.28 bits per heavy atom. The number of aromatic nitrogens is 3. The van der Waals surface area contributed by atoms with Gasteiger partial charge in [0, 0.05) is 13.6 Å². The van der Waals surface area contributed by atoms with E-state index in [0.717, 1.165) is 6.54 Å². The second-order valence-corrected chi connectivity index (χ2v) is 5.37. The molecule has 0 aliphatic rings. The molecule has 0 fully saturated rings. The van der Waals surface area contributed by atoms with Crippen molar-refractivity contribution >= 4 is 11.9 Å². The van der Waals surface area contributed by atoms with E-state index in [0.29, 0.717) is 23.8 Å². The van der Waals surface area contributed by atoms with Crippen molar-refractivity contribution in [3.8, 4) is 6.01 Å². The van der Waals surface area contributed by atoms with E-state index in [1.54, 1.807) is 7.05 Å². The lowest BCUT2D eigenvalue weighted by Gasteiger charge is -2.27. The van der Waals surface area contributed by atoms with Crippen molar-refractivity contribution in [2.24, 2.45) is 11.3 Å². The molecular weight excluding hydrogens is 230 g/mol. The van der Waals surface area contributed by atoms with Crippen molar-refractivity contribution < 1.29 is 4.74 Å². The first-order chi connectivity index (χ1) is 8.36. The summed E-state index contributed by atoms with van der Waals surface area (Å²) in [6.07, 6.45) is 0. The third-order valence-electron chi connectivity index (χ3n) is 3.07. The number of anilines is 2. The Morgan fingerprint density at radius 1 is 1.17 bits per heavy atom. The Labute approximate surface area is 109 Å². The number of nitrogens with zero attached hydrogens (tertiary/aromatic N) is 3. The van der Waals surface area contributed by atoms with Gasteiger partial charge in [0.25, 0.3) is 0 Å². The molecule has 0 bridgehead atoms. The van der Waals surface area contributed by atoms with Crippen molar-refractivity contribution in [2.45, 2.75) is 27.7 Å². The van der Waals surface area contributed by atoms with Gasteiger partial charge >= 0.3 is 6.01 Å². The molecule has 0 amide bonds. The molecule has 0 aliphatic carbocycles. The molecule has 1 aromatic rings. The average Bonchev–Trinajstić information content (AvgIpc) is 2.34. The highest BCUT2D eigenvalue weighted by molar-refractivity contribution is 5.35. The number of hydrogen-bond donors (Lipinski definition) is 2. The number of nitrogens with one attached hydrogen (secondary N) is 2. The highest BCUT2D eigenvalue weighted by Crippen LogP contribution is 2.25. The molecule has 1 aromatic heterocycles. The van der Waals surface area contributed by atoms with Crippen LogP contribution in [0, 0.1) is 11.3 Å². The zero-order valence-electron chi connectivity index (χ0n) is 12.0. The third-order valence-corrected chi connectivity index (χ3v) is 3.07. The third kappa shape index (κ3) is 4.01. The van der Waals surface area contributed by atoms with Gasteiger partial charge in [0.1, 0.15) is 0 Å². The van der Waals surface area contributed by atoms with E-state index in [1.807, 2.05) is 0 Å². The summed E-state index contributed by atoms with van der Waals surface area (Å²) in [5.74, 6) is 1.52. The highest BCUT2D eigenvalue weighted by Gasteiger charge is 2.20. The van der Waals surface area contributed by atoms with Gasteiger partial charge in [0.05, 0.1) is 7.11 Å². The van der Waals surface area contributed by atoms with Crippen molar-refractivity contribution in [3.63, 3.8) is 0 Å². The van der Waals surface area contributed by atoms with Gasteiger partial charge in [-0.05, 0) is 11.3 Å². The van der Waals surface area contributed by atoms with E-state index < -0.39 is 0 Å². The van der Waals surface area contributed by atoms with Crippen LogP contribution >= 0.6 is 0 Å². The molecule has 1 rings (SSSR count). The Morgan fingerprint density at radius 2 is 1.78 bits per heavy atom. The number of ether oxygens (including phenoxy) is 1. The predicted octanol–water partition coefficient (Wildman–Crippen LogP) is 2.02. The number of methoxy groups -OCH3 is 1. The zero-order chi connectivity index (χ0) is 13.8. The van der Waals surface area contributed by atoms with Crippen LogP contribution in [0.4, 0.5) is 11.9 Å². The quantitative estimate of drug-likeness (QED) is 0.836. The molecule has 2 N–H and O–H groups in total. The summed E-state index contributed by atoms with van der Waals surface area (Å²) >= 11 is 0. The van der Waals surface area contributed by atoms with Crippen LogP contribution in [0.3, 0.4) is 0 Å². The van der Waals surface area contributed by atoms with Gasteiger partial charge in [-0.2, -0.15) is 15.0 Å². The molecule has 0 saturated carbocycles. The standard InChI is InChI=1S/C12H23N5O/c1-8(12(2,3)4)7-14-10-15-9(13-5)16-11(17-10)18-6/h8H,7H2,1-6H3,(H2,13,14,15,16,17). The van der Waals surface area contributed by atoms with Crippen LogP contribution in [0.2, 0.25) is 0 Å².